The van der Waals surface area contributed by atoms with Gasteiger partial charge in [-0.25, -0.2) is 0 Å². The predicted molar refractivity (Wildman–Crippen MR) is 93.0 cm³/mol. The van der Waals surface area contributed by atoms with Crippen molar-refractivity contribution in [3.63, 3.8) is 0 Å². The van der Waals surface area contributed by atoms with Gasteiger partial charge in [0.2, 0.25) is 0 Å². The Labute approximate surface area is 138 Å². The molecule has 0 bridgehead atoms. The fourth-order valence-electron chi connectivity index (χ4n) is 2.53. The Hall–Kier alpha value is -0.540. The summed E-state index contributed by atoms with van der Waals surface area (Å²) in [6.07, 6.45) is 4.70. The summed E-state index contributed by atoms with van der Waals surface area (Å²) < 4.78 is 13.3. The second-order valence-corrected chi connectivity index (χ2v) is 6.46. The van der Waals surface area contributed by atoms with Gasteiger partial charge in [-0.05, 0) is 50.3 Å². The van der Waals surface area contributed by atoms with Crippen molar-refractivity contribution < 1.29 is 9.47 Å². The molecular formula is C18H29BrO2. The highest BCUT2D eigenvalue weighted by Crippen LogP contribution is 2.26. The summed E-state index contributed by atoms with van der Waals surface area (Å²) in [5.41, 5.74) is 0. The lowest BCUT2D eigenvalue weighted by molar-refractivity contribution is -0.0417. The van der Waals surface area contributed by atoms with Crippen LogP contribution in [-0.4, -0.2) is 18.8 Å². The maximum atomic E-state index is 6.28. The van der Waals surface area contributed by atoms with E-state index in [1.54, 1.807) is 0 Å². The van der Waals surface area contributed by atoms with Crippen molar-refractivity contribution in [2.24, 2.45) is 5.92 Å². The SMILES string of the molecule is CCCCO[C@@H](C)[C@H](Oc1cccc(Br)c1)C(CC)CC. The van der Waals surface area contributed by atoms with Gasteiger partial charge in [-0.3, -0.25) is 0 Å². The summed E-state index contributed by atoms with van der Waals surface area (Å²) in [6.45, 7) is 9.59. The topological polar surface area (TPSA) is 18.5 Å². The largest absolute Gasteiger partial charge is 0.487 e. The monoisotopic (exact) mass is 356 g/mol. The van der Waals surface area contributed by atoms with E-state index in [1.807, 2.05) is 24.3 Å². The number of halogens is 1. The third kappa shape index (κ3) is 6.39. The number of hydrogen-bond donors (Lipinski definition) is 0. The summed E-state index contributed by atoms with van der Waals surface area (Å²) in [5, 5.41) is 0. The molecule has 120 valence electrons. The summed E-state index contributed by atoms with van der Waals surface area (Å²) in [7, 11) is 0. The van der Waals surface area contributed by atoms with Gasteiger partial charge in [0.15, 0.2) is 0 Å². The van der Waals surface area contributed by atoms with E-state index in [0.29, 0.717) is 5.92 Å². The third-order valence-electron chi connectivity index (χ3n) is 3.92. The first-order valence-corrected chi connectivity index (χ1v) is 8.95. The molecule has 0 unspecified atom stereocenters. The van der Waals surface area contributed by atoms with Gasteiger partial charge in [-0.1, -0.05) is 49.2 Å². The van der Waals surface area contributed by atoms with Crippen molar-refractivity contribution in [3.05, 3.63) is 28.7 Å². The Kier molecular flexibility index (Phi) is 9.02. The minimum absolute atomic E-state index is 0.103. The van der Waals surface area contributed by atoms with E-state index >= 15 is 0 Å². The van der Waals surface area contributed by atoms with Gasteiger partial charge in [0.25, 0.3) is 0 Å². The van der Waals surface area contributed by atoms with Crippen molar-refractivity contribution in [3.8, 4) is 5.75 Å². The van der Waals surface area contributed by atoms with E-state index in [9.17, 15) is 0 Å². The van der Waals surface area contributed by atoms with Crippen LogP contribution >= 0.6 is 15.9 Å². The van der Waals surface area contributed by atoms with Crippen LogP contribution < -0.4 is 4.74 Å². The van der Waals surface area contributed by atoms with E-state index in [1.165, 1.54) is 0 Å². The first kappa shape index (κ1) is 18.5. The van der Waals surface area contributed by atoms with Crippen LogP contribution in [0.15, 0.2) is 28.7 Å². The lowest BCUT2D eigenvalue weighted by atomic mass is 9.93. The first-order valence-electron chi connectivity index (χ1n) is 8.16. The molecule has 0 spiro atoms. The Morgan fingerprint density at radius 2 is 1.86 bits per heavy atom. The predicted octanol–water partition coefficient (Wildman–Crippen LogP) is 5.84. The second-order valence-electron chi connectivity index (χ2n) is 5.55. The Bertz CT molecular complexity index is 391. The fraction of sp³-hybridized carbons (Fsp3) is 0.667. The molecule has 1 aromatic carbocycles. The number of hydrogen-bond acceptors (Lipinski definition) is 2. The van der Waals surface area contributed by atoms with E-state index in [-0.39, 0.29) is 12.2 Å². The summed E-state index contributed by atoms with van der Waals surface area (Å²) in [4.78, 5) is 0. The van der Waals surface area contributed by atoms with E-state index < -0.39 is 0 Å². The molecule has 0 fully saturated rings. The van der Waals surface area contributed by atoms with Gasteiger partial charge in [-0.15, -0.1) is 0 Å². The molecule has 0 aromatic heterocycles. The number of rotatable bonds is 10. The molecule has 1 aromatic rings. The van der Waals surface area contributed by atoms with Gasteiger partial charge in [-0.2, -0.15) is 0 Å². The normalized spacial score (nSPS) is 14.2. The zero-order chi connectivity index (χ0) is 15.7. The fourth-order valence-corrected chi connectivity index (χ4v) is 2.91. The molecule has 0 radical (unpaired) electrons. The van der Waals surface area contributed by atoms with E-state index in [0.717, 1.165) is 42.5 Å². The molecule has 2 nitrogen and oxygen atoms in total. The molecule has 0 N–H and O–H groups in total. The van der Waals surface area contributed by atoms with Gasteiger partial charge in [0.05, 0.1) is 6.10 Å². The molecule has 0 amide bonds. The maximum absolute atomic E-state index is 6.28. The number of unbranched alkanes of at least 4 members (excludes halogenated alkanes) is 1. The highest BCUT2D eigenvalue weighted by Gasteiger charge is 2.27. The number of benzene rings is 1. The van der Waals surface area contributed by atoms with Crippen LogP contribution in [0, 0.1) is 5.92 Å². The van der Waals surface area contributed by atoms with E-state index in [2.05, 4.69) is 43.6 Å². The first-order chi connectivity index (χ1) is 10.1. The molecule has 1 rings (SSSR count). The standard InChI is InChI=1S/C18H29BrO2/c1-5-8-12-20-14(4)18(15(6-2)7-3)21-17-11-9-10-16(19)13-17/h9-11,13-15,18H,5-8,12H2,1-4H3/t14-,18-/m0/s1. The van der Waals surface area contributed by atoms with Gasteiger partial charge >= 0.3 is 0 Å². The molecule has 21 heavy (non-hydrogen) atoms. The highest BCUT2D eigenvalue weighted by atomic mass is 79.9. The van der Waals surface area contributed by atoms with Crippen LogP contribution in [0.5, 0.6) is 5.75 Å². The highest BCUT2D eigenvalue weighted by molar-refractivity contribution is 9.10. The lowest BCUT2D eigenvalue weighted by Gasteiger charge is -2.31. The van der Waals surface area contributed by atoms with Crippen LogP contribution in [0.1, 0.15) is 53.4 Å². The average molecular weight is 357 g/mol. The molecule has 0 aliphatic heterocycles. The molecule has 2 atom stereocenters. The molecule has 0 aliphatic rings. The van der Waals surface area contributed by atoms with E-state index in [4.69, 9.17) is 9.47 Å². The summed E-state index contributed by atoms with van der Waals surface area (Å²) >= 11 is 3.50. The van der Waals surface area contributed by atoms with Gasteiger partial charge in [0.1, 0.15) is 11.9 Å². The van der Waals surface area contributed by atoms with Crippen LogP contribution in [0.25, 0.3) is 0 Å². The van der Waals surface area contributed by atoms with Gasteiger partial charge in [0, 0.05) is 11.1 Å². The smallest absolute Gasteiger partial charge is 0.127 e. The zero-order valence-electron chi connectivity index (χ0n) is 13.8. The van der Waals surface area contributed by atoms with Crippen molar-refractivity contribution >= 4 is 15.9 Å². The molecule has 0 heterocycles. The number of ether oxygens (including phenoxy) is 2. The molecule has 0 saturated carbocycles. The van der Waals surface area contributed by atoms with Gasteiger partial charge < -0.3 is 9.47 Å². The third-order valence-corrected chi connectivity index (χ3v) is 4.42. The lowest BCUT2D eigenvalue weighted by Crippen LogP contribution is -2.38. The molecule has 0 saturated heterocycles. The second kappa shape index (κ2) is 10.2. The summed E-state index contributed by atoms with van der Waals surface area (Å²) in [5.74, 6) is 1.42. The Balaban J connectivity index is 2.76. The molecule has 0 aliphatic carbocycles. The van der Waals surface area contributed by atoms with Crippen LogP contribution in [0.2, 0.25) is 0 Å². The van der Waals surface area contributed by atoms with Crippen molar-refractivity contribution in [2.45, 2.75) is 65.6 Å². The quantitative estimate of drug-likeness (QED) is 0.490. The maximum Gasteiger partial charge on any atom is 0.127 e. The van der Waals surface area contributed by atoms with Crippen LogP contribution in [0.4, 0.5) is 0 Å². The Morgan fingerprint density at radius 1 is 1.14 bits per heavy atom. The zero-order valence-corrected chi connectivity index (χ0v) is 15.4. The van der Waals surface area contributed by atoms with Crippen molar-refractivity contribution in [1.29, 1.82) is 0 Å². The average Bonchev–Trinajstić information content (AvgIpc) is 2.47. The van der Waals surface area contributed by atoms with Crippen molar-refractivity contribution in [2.75, 3.05) is 6.61 Å². The van der Waals surface area contributed by atoms with Crippen LogP contribution in [0.3, 0.4) is 0 Å². The minimum atomic E-state index is 0.103. The van der Waals surface area contributed by atoms with Crippen molar-refractivity contribution in [1.82, 2.24) is 0 Å². The minimum Gasteiger partial charge on any atom is -0.487 e. The summed E-state index contributed by atoms with van der Waals surface area (Å²) in [6, 6.07) is 8.05. The molecular weight excluding hydrogens is 328 g/mol. The Morgan fingerprint density at radius 3 is 2.43 bits per heavy atom. The van der Waals surface area contributed by atoms with Crippen LogP contribution in [-0.2, 0) is 4.74 Å². The molecule has 3 heteroatoms.